The maximum absolute atomic E-state index is 12.0. The van der Waals surface area contributed by atoms with E-state index in [1.807, 2.05) is 35.2 Å². The monoisotopic (exact) mass is 444 g/mol. The van der Waals surface area contributed by atoms with Crippen LogP contribution in [0.2, 0.25) is 0 Å². The fourth-order valence-electron chi connectivity index (χ4n) is 4.55. The zero-order valence-electron chi connectivity index (χ0n) is 19.6. The summed E-state index contributed by atoms with van der Waals surface area (Å²) in [4.78, 5) is 13.9. The Morgan fingerprint density at radius 2 is 1.88 bits per heavy atom. The molecule has 1 fully saturated rings. The van der Waals surface area contributed by atoms with Crippen LogP contribution in [0.1, 0.15) is 50.4 Å². The Labute approximate surface area is 195 Å². The van der Waals surface area contributed by atoms with Crippen LogP contribution in [0.25, 0.3) is 11.1 Å². The van der Waals surface area contributed by atoms with E-state index in [0.29, 0.717) is 6.54 Å². The van der Waals surface area contributed by atoms with Crippen LogP contribution < -0.4 is 5.32 Å². The first-order chi connectivity index (χ1) is 15.8. The molecule has 2 N–H and O–H groups in total. The molecule has 6 heteroatoms. The lowest BCUT2D eigenvalue weighted by Crippen LogP contribution is -2.34. The van der Waals surface area contributed by atoms with E-state index in [1.165, 1.54) is 18.5 Å². The lowest BCUT2D eigenvalue weighted by Gasteiger charge is -2.26. The molecule has 0 radical (unpaired) electrons. The van der Waals surface area contributed by atoms with Crippen molar-refractivity contribution in [1.82, 2.24) is 14.7 Å². The van der Waals surface area contributed by atoms with Crippen molar-refractivity contribution >= 4 is 17.4 Å². The topological polar surface area (TPSA) is 70.4 Å². The number of aliphatic hydroxyl groups is 1. The smallest absolute Gasteiger partial charge is 0.219 e. The third-order valence-electron chi connectivity index (χ3n) is 6.74. The Kier molecular flexibility index (Phi) is 5.49. The van der Waals surface area contributed by atoms with Gasteiger partial charge in [0, 0.05) is 43.4 Å². The van der Waals surface area contributed by atoms with E-state index >= 15 is 0 Å². The summed E-state index contributed by atoms with van der Waals surface area (Å²) >= 11 is 0. The molecule has 1 amide bonds. The predicted molar refractivity (Wildman–Crippen MR) is 130 cm³/mol. The third-order valence-corrected chi connectivity index (χ3v) is 6.74. The SMILES string of the molecule is CC(=O)N1CCc2c(c(Nc3cccc(-c4cccc(C(C)(C)O)c4)c3)nn2CC2CC2)C1. The zero-order valence-corrected chi connectivity index (χ0v) is 19.6. The predicted octanol–water partition coefficient (Wildman–Crippen LogP) is 4.84. The van der Waals surface area contributed by atoms with Crippen LogP contribution in [0, 0.1) is 5.92 Å². The molecule has 5 rings (SSSR count). The number of nitrogens with one attached hydrogen (secondary N) is 1. The molecule has 172 valence electrons. The van der Waals surface area contributed by atoms with Crippen molar-refractivity contribution in [1.29, 1.82) is 0 Å². The average molecular weight is 445 g/mol. The number of amides is 1. The van der Waals surface area contributed by atoms with E-state index in [1.54, 1.807) is 20.8 Å². The van der Waals surface area contributed by atoms with Crippen molar-refractivity contribution in [2.45, 2.75) is 58.7 Å². The van der Waals surface area contributed by atoms with Gasteiger partial charge < -0.3 is 15.3 Å². The summed E-state index contributed by atoms with van der Waals surface area (Å²) in [5.41, 5.74) is 5.48. The first kappa shape index (κ1) is 21.7. The van der Waals surface area contributed by atoms with E-state index in [0.717, 1.165) is 59.2 Å². The van der Waals surface area contributed by atoms with Gasteiger partial charge in [-0.25, -0.2) is 0 Å². The lowest BCUT2D eigenvalue weighted by molar-refractivity contribution is -0.129. The van der Waals surface area contributed by atoms with Gasteiger partial charge in [-0.1, -0.05) is 30.3 Å². The Balaban J connectivity index is 1.45. The van der Waals surface area contributed by atoms with Crippen molar-refractivity contribution in [2.24, 2.45) is 5.92 Å². The molecule has 0 unspecified atom stereocenters. The van der Waals surface area contributed by atoms with Gasteiger partial charge in [-0.05, 0) is 67.5 Å². The number of hydrogen-bond acceptors (Lipinski definition) is 4. The second kappa shape index (κ2) is 8.34. The van der Waals surface area contributed by atoms with Gasteiger partial charge in [-0.15, -0.1) is 0 Å². The molecular weight excluding hydrogens is 412 g/mol. The highest BCUT2D eigenvalue weighted by Gasteiger charge is 2.29. The van der Waals surface area contributed by atoms with Gasteiger partial charge in [0.1, 0.15) is 0 Å². The van der Waals surface area contributed by atoms with E-state index in [2.05, 4.69) is 28.2 Å². The Bertz CT molecular complexity index is 1190. The molecule has 1 aliphatic heterocycles. The summed E-state index contributed by atoms with van der Waals surface area (Å²) in [6.45, 7) is 7.56. The van der Waals surface area contributed by atoms with Crippen LogP contribution >= 0.6 is 0 Å². The van der Waals surface area contributed by atoms with Gasteiger partial charge in [-0.2, -0.15) is 5.10 Å². The fourth-order valence-corrected chi connectivity index (χ4v) is 4.55. The molecule has 1 saturated carbocycles. The molecule has 0 saturated heterocycles. The van der Waals surface area contributed by atoms with Crippen molar-refractivity contribution in [3.63, 3.8) is 0 Å². The summed E-state index contributed by atoms with van der Waals surface area (Å²) in [5, 5.41) is 18.9. The van der Waals surface area contributed by atoms with E-state index < -0.39 is 5.60 Å². The molecular formula is C27H32N4O2. The third kappa shape index (κ3) is 4.67. The number of nitrogens with zero attached hydrogens (tertiary/aromatic N) is 3. The van der Waals surface area contributed by atoms with Crippen molar-refractivity contribution < 1.29 is 9.90 Å². The summed E-state index contributed by atoms with van der Waals surface area (Å²) < 4.78 is 2.17. The largest absolute Gasteiger partial charge is 0.386 e. The molecule has 2 aromatic carbocycles. The standard InChI is InChI=1S/C27H32N4O2/c1-18(32)30-13-12-25-24(17-30)26(29-31(25)16-19-10-11-19)28-23-9-5-7-21(15-23)20-6-4-8-22(14-20)27(2,3)33/h4-9,14-15,19,33H,10-13,16-17H2,1-3H3,(H,28,29). The number of fused-ring (bicyclic) bond motifs is 1. The quantitative estimate of drug-likeness (QED) is 0.571. The number of aromatic nitrogens is 2. The average Bonchev–Trinajstić information content (AvgIpc) is 3.55. The van der Waals surface area contributed by atoms with E-state index in [4.69, 9.17) is 5.10 Å². The molecule has 2 heterocycles. The van der Waals surface area contributed by atoms with Crippen LogP contribution in [-0.2, 0) is 29.9 Å². The number of rotatable bonds is 6. The van der Waals surface area contributed by atoms with E-state index in [9.17, 15) is 9.90 Å². The van der Waals surface area contributed by atoms with Crippen molar-refractivity contribution in [3.8, 4) is 11.1 Å². The van der Waals surface area contributed by atoms with Crippen LogP contribution in [0.3, 0.4) is 0 Å². The maximum atomic E-state index is 12.0. The molecule has 6 nitrogen and oxygen atoms in total. The normalized spacial score (nSPS) is 15.9. The number of benzene rings is 2. The first-order valence-electron chi connectivity index (χ1n) is 11.8. The maximum Gasteiger partial charge on any atom is 0.219 e. The number of carbonyl (C=O) groups is 1. The summed E-state index contributed by atoms with van der Waals surface area (Å²) in [6.07, 6.45) is 3.41. The number of hydrogen-bond donors (Lipinski definition) is 2. The molecule has 0 bridgehead atoms. The first-order valence-corrected chi connectivity index (χ1v) is 11.8. The summed E-state index contributed by atoms with van der Waals surface area (Å²) in [5.74, 6) is 1.69. The highest BCUT2D eigenvalue weighted by molar-refractivity contribution is 5.75. The minimum Gasteiger partial charge on any atom is -0.386 e. The van der Waals surface area contributed by atoms with Crippen LogP contribution in [0.5, 0.6) is 0 Å². The lowest BCUT2D eigenvalue weighted by atomic mass is 9.94. The van der Waals surface area contributed by atoms with Crippen molar-refractivity contribution in [3.05, 3.63) is 65.4 Å². The molecule has 1 aliphatic carbocycles. The molecule has 1 aromatic heterocycles. The number of anilines is 2. The van der Waals surface area contributed by atoms with Gasteiger partial charge in [0.15, 0.2) is 5.82 Å². The number of carbonyl (C=O) groups excluding carboxylic acids is 1. The molecule has 0 spiro atoms. The molecule has 0 atom stereocenters. The van der Waals surface area contributed by atoms with Gasteiger partial charge in [0.2, 0.25) is 5.91 Å². The van der Waals surface area contributed by atoms with Gasteiger partial charge in [0.05, 0.1) is 12.1 Å². The fraction of sp³-hybridized carbons (Fsp3) is 0.407. The molecule has 2 aliphatic rings. The highest BCUT2D eigenvalue weighted by atomic mass is 16.3. The Hall–Kier alpha value is -3.12. The zero-order chi connectivity index (χ0) is 23.2. The van der Waals surface area contributed by atoms with E-state index in [-0.39, 0.29) is 5.91 Å². The van der Waals surface area contributed by atoms with Crippen LogP contribution in [-0.4, -0.2) is 32.2 Å². The van der Waals surface area contributed by atoms with Crippen molar-refractivity contribution in [2.75, 3.05) is 11.9 Å². The van der Waals surface area contributed by atoms with Gasteiger partial charge in [0.25, 0.3) is 0 Å². The minimum atomic E-state index is -0.887. The van der Waals surface area contributed by atoms with Crippen LogP contribution in [0.4, 0.5) is 11.5 Å². The summed E-state index contributed by atoms with van der Waals surface area (Å²) in [6, 6.07) is 16.3. The minimum absolute atomic E-state index is 0.107. The second-order valence-electron chi connectivity index (χ2n) is 9.94. The van der Waals surface area contributed by atoms with Gasteiger partial charge in [-0.3, -0.25) is 9.48 Å². The molecule has 3 aromatic rings. The Morgan fingerprint density at radius 1 is 1.15 bits per heavy atom. The van der Waals surface area contributed by atoms with Gasteiger partial charge >= 0.3 is 0 Å². The van der Waals surface area contributed by atoms with Crippen LogP contribution in [0.15, 0.2) is 48.5 Å². The molecule has 33 heavy (non-hydrogen) atoms. The summed E-state index contributed by atoms with van der Waals surface area (Å²) in [7, 11) is 0. The highest BCUT2D eigenvalue weighted by Crippen LogP contribution is 2.35. The Morgan fingerprint density at radius 3 is 2.58 bits per heavy atom. The second-order valence-corrected chi connectivity index (χ2v) is 9.94.